The standard InChI is InChI=1S/C14H22N4O/c1-19-11-4-2-6-14(11)7-3-9-18(10-14)13-16-8-5-12(15)17-13/h5,8,11H,2-4,6-7,9-10H2,1H3,(H2,15,16,17)/t11-,14+/m1/s1. The summed E-state index contributed by atoms with van der Waals surface area (Å²) in [7, 11) is 1.84. The third kappa shape index (κ3) is 2.27. The fourth-order valence-electron chi connectivity index (χ4n) is 3.79. The second-order valence-electron chi connectivity index (χ2n) is 5.79. The first-order valence-corrected chi connectivity index (χ1v) is 7.10. The molecule has 2 aliphatic rings. The highest BCUT2D eigenvalue weighted by molar-refractivity contribution is 5.38. The topological polar surface area (TPSA) is 64.3 Å². The Balaban J connectivity index is 1.81. The summed E-state index contributed by atoms with van der Waals surface area (Å²) in [6.07, 6.45) is 8.26. The van der Waals surface area contributed by atoms with Crippen molar-refractivity contribution in [2.45, 2.75) is 38.2 Å². The number of nitrogens with zero attached hydrogens (tertiary/aromatic N) is 3. The van der Waals surface area contributed by atoms with Gasteiger partial charge in [0.2, 0.25) is 5.95 Å². The van der Waals surface area contributed by atoms with Crippen LogP contribution in [0, 0.1) is 5.41 Å². The van der Waals surface area contributed by atoms with Crippen molar-refractivity contribution in [1.29, 1.82) is 0 Å². The lowest BCUT2D eigenvalue weighted by atomic mass is 9.76. The Morgan fingerprint density at radius 3 is 3.05 bits per heavy atom. The van der Waals surface area contributed by atoms with Gasteiger partial charge in [0.05, 0.1) is 6.10 Å². The van der Waals surface area contributed by atoms with E-state index in [9.17, 15) is 0 Å². The third-order valence-corrected chi connectivity index (χ3v) is 4.66. The van der Waals surface area contributed by atoms with Gasteiger partial charge in [0.15, 0.2) is 0 Å². The number of hydrogen-bond acceptors (Lipinski definition) is 5. The zero-order chi connectivity index (χ0) is 13.3. The van der Waals surface area contributed by atoms with Crippen LogP contribution in [0.3, 0.4) is 0 Å². The minimum atomic E-state index is 0.293. The fraction of sp³-hybridized carbons (Fsp3) is 0.714. The summed E-state index contributed by atoms with van der Waals surface area (Å²) in [4.78, 5) is 11.0. The normalized spacial score (nSPS) is 31.0. The molecule has 1 spiro atoms. The van der Waals surface area contributed by atoms with Gasteiger partial charge in [-0.05, 0) is 31.7 Å². The third-order valence-electron chi connectivity index (χ3n) is 4.66. The molecule has 1 aliphatic carbocycles. The molecule has 5 heteroatoms. The van der Waals surface area contributed by atoms with Crippen LogP contribution in [0.1, 0.15) is 32.1 Å². The zero-order valence-corrected chi connectivity index (χ0v) is 11.5. The summed E-state index contributed by atoms with van der Waals surface area (Å²) in [6, 6.07) is 1.73. The Morgan fingerprint density at radius 1 is 1.42 bits per heavy atom. The van der Waals surface area contributed by atoms with E-state index < -0.39 is 0 Å². The molecule has 0 amide bonds. The molecule has 1 aromatic heterocycles. The van der Waals surface area contributed by atoms with Gasteiger partial charge in [0, 0.05) is 31.8 Å². The van der Waals surface area contributed by atoms with Crippen LogP contribution in [0.25, 0.3) is 0 Å². The van der Waals surface area contributed by atoms with Crippen LogP contribution < -0.4 is 10.6 Å². The Morgan fingerprint density at radius 2 is 2.26 bits per heavy atom. The van der Waals surface area contributed by atoms with Crippen LogP contribution in [-0.4, -0.2) is 36.3 Å². The van der Waals surface area contributed by atoms with E-state index in [0.29, 0.717) is 17.3 Å². The number of methoxy groups -OCH3 is 1. The molecule has 2 atom stereocenters. The van der Waals surface area contributed by atoms with E-state index in [1.807, 2.05) is 7.11 Å². The predicted octanol–water partition coefficient (Wildman–Crippen LogP) is 1.84. The Bertz CT molecular complexity index is 453. The summed E-state index contributed by atoms with van der Waals surface area (Å²) in [5, 5.41) is 0. The van der Waals surface area contributed by atoms with Crippen molar-refractivity contribution in [3.05, 3.63) is 12.3 Å². The smallest absolute Gasteiger partial charge is 0.227 e. The molecule has 2 heterocycles. The van der Waals surface area contributed by atoms with Gasteiger partial charge in [-0.1, -0.05) is 6.42 Å². The molecule has 19 heavy (non-hydrogen) atoms. The molecule has 0 radical (unpaired) electrons. The van der Waals surface area contributed by atoms with E-state index in [0.717, 1.165) is 19.0 Å². The number of nitrogen functional groups attached to an aromatic ring is 1. The molecule has 1 saturated carbocycles. The van der Waals surface area contributed by atoms with Crippen molar-refractivity contribution in [2.24, 2.45) is 5.41 Å². The SMILES string of the molecule is CO[C@@H]1CCC[C@@]12CCCN(c1nccc(N)n1)C2. The number of anilines is 2. The quantitative estimate of drug-likeness (QED) is 0.881. The van der Waals surface area contributed by atoms with E-state index in [4.69, 9.17) is 10.5 Å². The maximum atomic E-state index is 5.76. The van der Waals surface area contributed by atoms with Gasteiger partial charge in [0.25, 0.3) is 0 Å². The summed E-state index contributed by atoms with van der Waals surface area (Å²) in [6.45, 7) is 2.01. The highest BCUT2D eigenvalue weighted by atomic mass is 16.5. The Labute approximate surface area is 114 Å². The highest BCUT2D eigenvalue weighted by Gasteiger charge is 2.46. The van der Waals surface area contributed by atoms with Crippen molar-refractivity contribution < 1.29 is 4.74 Å². The molecule has 0 aromatic carbocycles. The Hall–Kier alpha value is -1.36. The van der Waals surface area contributed by atoms with E-state index in [2.05, 4.69) is 14.9 Å². The fourth-order valence-corrected chi connectivity index (χ4v) is 3.79. The van der Waals surface area contributed by atoms with E-state index in [1.54, 1.807) is 12.3 Å². The van der Waals surface area contributed by atoms with Crippen molar-refractivity contribution in [2.75, 3.05) is 30.8 Å². The molecule has 0 bridgehead atoms. The van der Waals surface area contributed by atoms with Gasteiger partial charge < -0.3 is 15.4 Å². The van der Waals surface area contributed by atoms with Gasteiger partial charge in [0.1, 0.15) is 5.82 Å². The number of rotatable bonds is 2. The van der Waals surface area contributed by atoms with Crippen molar-refractivity contribution >= 4 is 11.8 Å². The molecule has 2 N–H and O–H groups in total. The largest absolute Gasteiger partial charge is 0.384 e. The van der Waals surface area contributed by atoms with Crippen LogP contribution >= 0.6 is 0 Å². The first-order chi connectivity index (χ1) is 9.23. The van der Waals surface area contributed by atoms with Crippen LogP contribution in [0.15, 0.2) is 12.3 Å². The molecular weight excluding hydrogens is 240 g/mol. The minimum Gasteiger partial charge on any atom is -0.384 e. The second kappa shape index (κ2) is 4.96. The average Bonchev–Trinajstić information content (AvgIpc) is 2.81. The van der Waals surface area contributed by atoms with Crippen LogP contribution in [-0.2, 0) is 4.74 Å². The van der Waals surface area contributed by atoms with Gasteiger partial charge in [-0.25, -0.2) is 4.98 Å². The van der Waals surface area contributed by atoms with E-state index in [1.165, 1.54) is 32.1 Å². The zero-order valence-electron chi connectivity index (χ0n) is 11.5. The van der Waals surface area contributed by atoms with Crippen molar-refractivity contribution in [1.82, 2.24) is 9.97 Å². The van der Waals surface area contributed by atoms with E-state index >= 15 is 0 Å². The van der Waals surface area contributed by atoms with Crippen LogP contribution in [0.4, 0.5) is 11.8 Å². The molecule has 2 fully saturated rings. The number of piperidine rings is 1. The Kier molecular flexibility index (Phi) is 3.31. The maximum Gasteiger partial charge on any atom is 0.227 e. The lowest BCUT2D eigenvalue weighted by Crippen LogP contribution is -2.48. The molecule has 1 saturated heterocycles. The van der Waals surface area contributed by atoms with Gasteiger partial charge in [-0.15, -0.1) is 0 Å². The van der Waals surface area contributed by atoms with E-state index in [-0.39, 0.29) is 0 Å². The summed E-state index contributed by atoms with van der Waals surface area (Å²) in [5.74, 6) is 1.31. The molecule has 1 aliphatic heterocycles. The molecular formula is C14H22N4O. The number of ether oxygens (including phenoxy) is 1. The lowest BCUT2D eigenvalue weighted by molar-refractivity contribution is 0.00204. The van der Waals surface area contributed by atoms with Crippen LogP contribution in [0.2, 0.25) is 0 Å². The number of nitrogens with two attached hydrogens (primary N) is 1. The maximum absolute atomic E-state index is 5.76. The van der Waals surface area contributed by atoms with Crippen LogP contribution in [0.5, 0.6) is 0 Å². The van der Waals surface area contributed by atoms with Gasteiger partial charge in [-0.3, -0.25) is 0 Å². The minimum absolute atomic E-state index is 0.293. The highest BCUT2D eigenvalue weighted by Crippen LogP contribution is 2.46. The molecule has 1 aromatic rings. The van der Waals surface area contributed by atoms with Gasteiger partial charge in [-0.2, -0.15) is 4.98 Å². The molecule has 3 rings (SSSR count). The predicted molar refractivity (Wildman–Crippen MR) is 75.0 cm³/mol. The number of aromatic nitrogens is 2. The first-order valence-electron chi connectivity index (χ1n) is 7.10. The molecule has 5 nitrogen and oxygen atoms in total. The lowest BCUT2D eigenvalue weighted by Gasteiger charge is -2.43. The summed E-state index contributed by atoms with van der Waals surface area (Å²) >= 11 is 0. The summed E-state index contributed by atoms with van der Waals surface area (Å²) < 4.78 is 5.72. The van der Waals surface area contributed by atoms with Gasteiger partial charge >= 0.3 is 0 Å². The molecule has 0 unspecified atom stereocenters. The molecule has 104 valence electrons. The van der Waals surface area contributed by atoms with Crippen molar-refractivity contribution in [3.8, 4) is 0 Å². The van der Waals surface area contributed by atoms with Crippen molar-refractivity contribution in [3.63, 3.8) is 0 Å². The second-order valence-corrected chi connectivity index (χ2v) is 5.79. The monoisotopic (exact) mass is 262 g/mol. The number of hydrogen-bond donors (Lipinski definition) is 1. The average molecular weight is 262 g/mol. The summed E-state index contributed by atoms with van der Waals surface area (Å²) in [5.41, 5.74) is 6.05. The first kappa shape index (κ1) is 12.7.